The van der Waals surface area contributed by atoms with Gasteiger partial charge >= 0.3 is 6.03 Å². The van der Waals surface area contributed by atoms with Gasteiger partial charge in [-0.25, -0.2) is 24.4 Å². The number of amides is 2. The van der Waals surface area contributed by atoms with E-state index in [1.165, 1.54) is 18.7 Å². The molecule has 4 aliphatic rings. The maximum atomic E-state index is 14.0. The number of ether oxygens (including phenoxy) is 1. The van der Waals surface area contributed by atoms with Crippen LogP contribution in [0.4, 0.5) is 21.0 Å². The molecule has 234 valence electrons. The number of rotatable bonds is 9. The first kappa shape index (κ1) is 29.2. The van der Waals surface area contributed by atoms with Crippen molar-refractivity contribution in [3.8, 4) is 16.9 Å². The van der Waals surface area contributed by atoms with Crippen molar-refractivity contribution in [2.45, 2.75) is 37.6 Å². The fourth-order valence-electron chi connectivity index (χ4n) is 6.21. The van der Waals surface area contributed by atoms with Crippen molar-refractivity contribution < 1.29 is 18.8 Å². The monoisotopic (exact) mass is 614 g/mol. The van der Waals surface area contributed by atoms with Gasteiger partial charge in [0.2, 0.25) is 11.9 Å². The third kappa shape index (κ3) is 6.09. The second-order valence-electron chi connectivity index (χ2n) is 11.6. The summed E-state index contributed by atoms with van der Waals surface area (Å²) in [6, 6.07) is 12.6. The van der Waals surface area contributed by atoms with Crippen molar-refractivity contribution in [2.75, 3.05) is 50.1 Å². The molecule has 4 fully saturated rings. The Bertz CT molecular complexity index is 1640. The molecule has 4 saturated heterocycles. The molecule has 0 radical (unpaired) electrons. The second kappa shape index (κ2) is 12.5. The number of methoxy groups -OCH3 is 1. The summed E-state index contributed by atoms with van der Waals surface area (Å²) in [4.78, 5) is 34.9. The number of anilines is 2. The number of carbonyl (C=O) groups excluding carboxylic acids is 1. The number of benzene rings is 1. The lowest BCUT2D eigenvalue weighted by molar-refractivity contribution is -0.154. The maximum Gasteiger partial charge on any atom is 0.320 e. The van der Waals surface area contributed by atoms with Crippen molar-refractivity contribution in [2.24, 2.45) is 0 Å². The third-order valence-electron chi connectivity index (χ3n) is 8.44. The van der Waals surface area contributed by atoms with Crippen LogP contribution in [0.5, 0.6) is 0 Å². The van der Waals surface area contributed by atoms with Crippen LogP contribution in [0, 0.1) is 12.9 Å². The number of aromatic nitrogens is 5. The summed E-state index contributed by atoms with van der Waals surface area (Å²) < 4.78 is 20.9. The number of piperidine rings is 1. The Labute approximate surface area is 259 Å². The van der Waals surface area contributed by atoms with Crippen LogP contribution in [0.25, 0.3) is 16.9 Å². The quantitative estimate of drug-likeness (QED) is 0.242. The van der Waals surface area contributed by atoms with E-state index in [2.05, 4.69) is 35.8 Å². The van der Waals surface area contributed by atoms with Gasteiger partial charge in [-0.15, -0.1) is 0 Å². The summed E-state index contributed by atoms with van der Waals surface area (Å²) in [7, 11) is 1.61. The Balaban J connectivity index is 1.13. The number of carbonyl (C=O) groups is 1. The number of nitrogens with zero attached hydrogens (tertiary/aromatic N) is 7. The molecule has 3 N–H and O–H groups in total. The van der Waals surface area contributed by atoms with E-state index in [0.717, 1.165) is 29.9 Å². The molecule has 4 aliphatic heterocycles. The zero-order valence-corrected chi connectivity index (χ0v) is 25.1. The van der Waals surface area contributed by atoms with Gasteiger partial charge in [-0.3, -0.25) is 10.2 Å². The first-order valence-electron chi connectivity index (χ1n) is 15.0. The summed E-state index contributed by atoms with van der Waals surface area (Å²) in [5.74, 6) is 0.586. The topological polar surface area (TPSA) is 135 Å². The van der Waals surface area contributed by atoms with Crippen molar-refractivity contribution in [1.82, 2.24) is 40.4 Å². The van der Waals surface area contributed by atoms with E-state index in [0.29, 0.717) is 54.8 Å². The standard InChI is InChI=1S/C31H35FN10O3/c1-19-27(21-14-34-30(35-15-21)40-16-22-13-23(17-40)36-22)39-42(24-6-4-3-5-7-24)29(19)38-31(43)37-25-18-41(10-11-44-2)45-28(25)20-8-9-33-26(32)12-20/h3-9,12,14-15,22-23,25,28,36H,10-11,13,16-18H2,1-2H3,(H2,37,38,43)/t22-,23+,25-,28+/m1/s1. The molecule has 2 bridgehead atoms. The van der Waals surface area contributed by atoms with E-state index in [4.69, 9.17) is 14.7 Å². The van der Waals surface area contributed by atoms with Crippen molar-refractivity contribution in [3.63, 3.8) is 0 Å². The first-order valence-corrected chi connectivity index (χ1v) is 15.0. The Morgan fingerprint density at radius 2 is 1.87 bits per heavy atom. The molecule has 13 nitrogen and oxygen atoms in total. The highest BCUT2D eigenvalue weighted by Gasteiger charge is 2.38. The molecular formula is C31H35FN10O3. The highest BCUT2D eigenvalue weighted by Crippen LogP contribution is 2.32. The van der Waals surface area contributed by atoms with Gasteiger partial charge in [-0.05, 0) is 43.2 Å². The van der Waals surface area contributed by atoms with Crippen LogP contribution in [0.15, 0.2) is 61.1 Å². The molecule has 14 heteroatoms. The lowest BCUT2D eigenvalue weighted by atomic mass is 9.92. The zero-order chi connectivity index (χ0) is 30.9. The lowest BCUT2D eigenvalue weighted by Gasteiger charge is -2.48. The van der Waals surface area contributed by atoms with Crippen LogP contribution in [0.2, 0.25) is 0 Å². The summed E-state index contributed by atoms with van der Waals surface area (Å²) >= 11 is 0. The van der Waals surface area contributed by atoms with Gasteiger partial charge in [0, 0.05) is 75.1 Å². The van der Waals surface area contributed by atoms with E-state index < -0.39 is 24.1 Å². The molecule has 1 aromatic carbocycles. The average Bonchev–Trinajstić information content (AvgIpc) is 3.60. The number of hydrogen-bond donors (Lipinski definition) is 3. The number of piperazine rings is 1. The van der Waals surface area contributed by atoms with Crippen LogP contribution in [-0.4, -0.2) is 93.8 Å². The van der Waals surface area contributed by atoms with E-state index in [9.17, 15) is 9.18 Å². The van der Waals surface area contributed by atoms with Crippen LogP contribution in [0.3, 0.4) is 0 Å². The van der Waals surface area contributed by atoms with Crippen LogP contribution in [-0.2, 0) is 9.57 Å². The molecule has 8 rings (SSSR count). The number of fused-ring (bicyclic) bond motifs is 2. The fraction of sp³-hybridized carbons (Fsp3) is 0.387. The highest BCUT2D eigenvalue weighted by molar-refractivity contribution is 5.91. The molecule has 2 amide bonds. The normalized spacial score (nSPS) is 22.7. The van der Waals surface area contributed by atoms with Gasteiger partial charge in [0.25, 0.3) is 0 Å². The summed E-state index contributed by atoms with van der Waals surface area (Å²) in [6.07, 6.45) is 5.55. The molecule has 0 unspecified atom stereocenters. The van der Waals surface area contributed by atoms with Crippen LogP contribution < -0.4 is 20.9 Å². The molecule has 3 aromatic heterocycles. The minimum absolute atomic E-state index is 0.381. The Morgan fingerprint density at radius 3 is 2.58 bits per heavy atom. The number of pyridine rings is 1. The van der Waals surface area contributed by atoms with Gasteiger partial charge in [0.05, 0.1) is 18.3 Å². The average molecular weight is 615 g/mol. The number of urea groups is 1. The fourth-order valence-corrected chi connectivity index (χ4v) is 6.21. The van der Waals surface area contributed by atoms with Gasteiger partial charge in [-0.2, -0.15) is 14.6 Å². The van der Waals surface area contributed by atoms with E-state index in [1.54, 1.807) is 35.3 Å². The predicted molar refractivity (Wildman–Crippen MR) is 164 cm³/mol. The first-order chi connectivity index (χ1) is 21.9. The molecule has 0 aliphatic carbocycles. The summed E-state index contributed by atoms with van der Waals surface area (Å²) in [5.41, 5.74) is 3.50. The van der Waals surface area contributed by atoms with E-state index in [1.807, 2.05) is 37.3 Å². The van der Waals surface area contributed by atoms with Crippen LogP contribution in [0.1, 0.15) is 23.7 Å². The number of nitrogens with one attached hydrogen (secondary N) is 3. The minimum Gasteiger partial charge on any atom is -0.383 e. The van der Waals surface area contributed by atoms with Crippen molar-refractivity contribution in [3.05, 3.63) is 78.1 Å². The van der Waals surface area contributed by atoms with Crippen molar-refractivity contribution in [1.29, 1.82) is 0 Å². The van der Waals surface area contributed by atoms with E-state index >= 15 is 0 Å². The zero-order valence-electron chi connectivity index (χ0n) is 25.1. The molecule has 0 saturated carbocycles. The SMILES string of the molecule is COCCN1C[C@@H](NC(=O)Nc2c(C)c(-c3cnc(N4C[C@H]5C[C@@H](C4)N5)nc3)nn2-c2ccccc2)[C@H](c2ccnc(F)c2)O1. The summed E-state index contributed by atoms with van der Waals surface area (Å²) in [5, 5.41) is 16.2. The molecule has 0 spiro atoms. The van der Waals surface area contributed by atoms with E-state index in [-0.39, 0.29) is 0 Å². The molecule has 4 atom stereocenters. The molecule has 7 heterocycles. The summed E-state index contributed by atoms with van der Waals surface area (Å²) in [6.45, 7) is 5.01. The smallest absolute Gasteiger partial charge is 0.320 e. The Hall–Kier alpha value is -4.50. The number of halogens is 1. The number of para-hydroxylation sites is 1. The van der Waals surface area contributed by atoms with Gasteiger partial charge in [0.1, 0.15) is 17.6 Å². The Morgan fingerprint density at radius 1 is 1.11 bits per heavy atom. The van der Waals surface area contributed by atoms with Gasteiger partial charge in [0.15, 0.2) is 0 Å². The van der Waals surface area contributed by atoms with Crippen LogP contribution >= 0.6 is 0 Å². The third-order valence-corrected chi connectivity index (χ3v) is 8.44. The molecular weight excluding hydrogens is 579 g/mol. The van der Waals surface area contributed by atoms with Gasteiger partial charge < -0.3 is 20.3 Å². The molecule has 45 heavy (non-hydrogen) atoms. The number of hydrogen-bond acceptors (Lipinski definition) is 10. The van der Waals surface area contributed by atoms with Gasteiger partial charge in [-0.1, -0.05) is 18.2 Å². The molecule has 4 aromatic rings. The number of hydroxylamine groups is 2. The predicted octanol–water partition coefficient (Wildman–Crippen LogP) is 2.85. The minimum atomic E-state index is -0.619. The Kier molecular flexibility index (Phi) is 8.10. The highest BCUT2D eigenvalue weighted by atomic mass is 19.1. The largest absolute Gasteiger partial charge is 0.383 e. The van der Waals surface area contributed by atoms with Crippen molar-refractivity contribution >= 4 is 17.8 Å². The maximum absolute atomic E-state index is 14.0. The lowest BCUT2D eigenvalue weighted by Crippen LogP contribution is -2.67. The second-order valence-corrected chi connectivity index (χ2v) is 11.6.